The molecule has 0 aliphatic heterocycles. The van der Waals surface area contributed by atoms with Crippen LogP contribution in [0.3, 0.4) is 0 Å². The Labute approximate surface area is 143 Å². The first-order valence-electron chi connectivity index (χ1n) is 7.01. The first-order valence-corrected chi connectivity index (χ1v) is 8.20. The standard InChI is InChI=1S/C17H14ClN3OS/c1-21(11-13-7-8-16(18)23-13)17(22)9-6-12-10-19-14-4-2-3-5-15(14)20-12/h2-10H,11H2,1H3/b9-6+. The second kappa shape index (κ2) is 6.89. The van der Waals surface area contributed by atoms with Crippen molar-refractivity contribution in [3.63, 3.8) is 0 Å². The van der Waals surface area contributed by atoms with E-state index in [-0.39, 0.29) is 5.91 Å². The number of benzene rings is 1. The minimum absolute atomic E-state index is 0.0931. The monoisotopic (exact) mass is 343 g/mol. The van der Waals surface area contributed by atoms with Crippen molar-refractivity contribution >= 4 is 46.0 Å². The van der Waals surface area contributed by atoms with E-state index >= 15 is 0 Å². The number of thiophene rings is 1. The summed E-state index contributed by atoms with van der Waals surface area (Å²) in [5, 5.41) is 0. The molecule has 0 spiro atoms. The van der Waals surface area contributed by atoms with Crippen molar-refractivity contribution < 1.29 is 4.79 Å². The number of likely N-dealkylation sites (N-methyl/N-ethyl adjacent to an activating group) is 1. The van der Waals surface area contributed by atoms with Gasteiger partial charge in [-0.1, -0.05) is 23.7 Å². The Balaban J connectivity index is 1.68. The summed E-state index contributed by atoms with van der Waals surface area (Å²) in [6.07, 6.45) is 4.85. The number of fused-ring (bicyclic) bond motifs is 1. The van der Waals surface area contributed by atoms with Crippen LogP contribution in [-0.4, -0.2) is 27.8 Å². The number of carbonyl (C=O) groups is 1. The molecule has 0 aliphatic carbocycles. The van der Waals surface area contributed by atoms with E-state index in [0.717, 1.165) is 20.2 Å². The maximum Gasteiger partial charge on any atom is 0.246 e. The highest BCUT2D eigenvalue weighted by molar-refractivity contribution is 7.16. The zero-order chi connectivity index (χ0) is 16.2. The van der Waals surface area contributed by atoms with Crippen LogP contribution in [0.15, 0.2) is 48.7 Å². The van der Waals surface area contributed by atoms with Gasteiger partial charge in [-0.05, 0) is 30.3 Å². The number of amides is 1. The lowest BCUT2D eigenvalue weighted by atomic mass is 10.3. The molecule has 3 aromatic rings. The number of carbonyl (C=O) groups excluding carboxylic acids is 1. The highest BCUT2D eigenvalue weighted by atomic mass is 35.5. The van der Waals surface area contributed by atoms with Crippen LogP contribution in [0.5, 0.6) is 0 Å². The van der Waals surface area contributed by atoms with Gasteiger partial charge in [-0.15, -0.1) is 11.3 Å². The summed E-state index contributed by atoms with van der Waals surface area (Å²) in [5.41, 5.74) is 2.30. The van der Waals surface area contributed by atoms with Crippen molar-refractivity contribution in [2.24, 2.45) is 0 Å². The first-order chi connectivity index (χ1) is 11.1. The molecule has 3 rings (SSSR count). The van der Waals surface area contributed by atoms with Crippen LogP contribution in [0.4, 0.5) is 0 Å². The molecule has 0 radical (unpaired) electrons. The molecule has 2 heterocycles. The summed E-state index contributed by atoms with van der Waals surface area (Å²) >= 11 is 7.37. The lowest BCUT2D eigenvalue weighted by Gasteiger charge is -2.13. The zero-order valence-corrected chi connectivity index (χ0v) is 14.0. The van der Waals surface area contributed by atoms with Crippen molar-refractivity contribution in [2.45, 2.75) is 6.54 Å². The smallest absolute Gasteiger partial charge is 0.246 e. The minimum Gasteiger partial charge on any atom is -0.337 e. The Hall–Kier alpha value is -2.24. The van der Waals surface area contributed by atoms with Gasteiger partial charge in [0, 0.05) is 18.0 Å². The highest BCUT2D eigenvalue weighted by Crippen LogP contribution is 2.22. The van der Waals surface area contributed by atoms with Gasteiger partial charge in [-0.2, -0.15) is 0 Å². The van der Waals surface area contributed by atoms with Gasteiger partial charge in [0.2, 0.25) is 5.91 Å². The number of nitrogens with zero attached hydrogens (tertiary/aromatic N) is 3. The Bertz CT molecular complexity index is 875. The molecule has 0 saturated carbocycles. The summed E-state index contributed by atoms with van der Waals surface area (Å²) in [6, 6.07) is 11.4. The van der Waals surface area contributed by atoms with Gasteiger partial charge in [0.1, 0.15) is 0 Å². The maximum absolute atomic E-state index is 12.2. The lowest BCUT2D eigenvalue weighted by molar-refractivity contribution is -0.125. The van der Waals surface area contributed by atoms with Crippen LogP contribution in [0, 0.1) is 0 Å². The van der Waals surface area contributed by atoms with E-state index in [1.54, 1.807) is 24.2 Å². The fourth-order valence-corrected chi connectivity index (χ4v) is 3.23. The lowest BCUT2D eigenvalue weighted by Crippen LogP contribution is -2.23. The Morgan fingerprint density at radius 2 is 2.04 bits per heavy atom. The quantitative estimate of drug-likeness (QED) is 0.672. The van der Waals surface area contributed by atoms with Crippen LogP contribution in [-0.2, 0) is 11.3 Å². The molecular formula is C17H14ClN3OS. The average molecular weight is 344 g/mol. The molecule has 1 aromatic carbocycles. The molecule has 2 aromatic heterocycles. The number of halogens is 1. The molecule has 0 fully saturated rings. The van der Waals surface area contributed by atoms with Gasteiger partial charge >= 0.3 is 0 Å². The fourth-order valence-electron chi connectivity index (χ4n) is 2.08. The highest BCUT2D eigenvalue weighted by Gasteiger charge is 2.07. The average Bonchev–Trinajstić information content (AvgIpc) is 2.97. The van der Waals surface area contributed by atoms with Gasteiger partial charge in [0.05, 0.1) is 33.8 Å². The number of hydrogen-bond acceptors (Lipinski definition) is 4. The number of para-hydroxylation sites is 2. The topological polar surface area (TPSA) is 46.1 Å². The molecule has 0 bridgehead atoms. The van der Waals surface area contributed by atoms with Gasteiger partial charge in [-0.25, -0.2) is 4.98 Å². The van der Waals surface area contributed by atoms with Gasteiger partial charge < -0.3 is 4.90 Å². The number of hydrogen-bond donors (Lipinski definition) is 0. The molecule has 4 nitrogen and oxygen atoms in total. The van der Waals surface area contributed by atoms with E-state index in [1.165, 1.54) is 17.4 Å². The van der Waals surface area contributed by atoms with E-state index in [9.17, 15) is 4.79 Å². The third-order valence-electron chi connectivity index (χ3n) is 3.26. The Kier molecular flexibility index (Phi) is 4.69. The molecule has 0 aliphatic rings. The molecule has 0 unspecified atom stereocenters. The van der Waals surface area contributed by atoms with Gasteiger partial charge in [-0.3, -0.25) is 9.78 Å². The third-order valence-corrected chi connectivity index (χ3v) is 4.48. The van der Waals surface area contributed by atoms with Crippen LogP contribution in [0.25, 0.3) is 17.1 Å². The molecule has 23 heavy (non-hydrogen) atoms. The van der Waals surface area contributed by atoms with E-state index in [2.05, 4.69) is 9.97 Å². The predicted molar refractivity (Wildman–Crippen MR) is 94.4 cm³/mol. The van der Waals surface area contributed by atoms with Crippen molar-refractivity contribution in [3.8, 4) is 0 Å². The first kappa shape index (κ1) is 15.6. The third kappa shape index (κ3) is 3.94. The molecule has 6 heteroatoms. The van der Waals surface area contributed by atoms with Gasteiger partial charge in [0.25, 0.3) is 0 Å². The largest absolute Gasteiger partial charge is 0.337 e. The number of rotatable bonds is 4. The summed E-state index contributed by atoms with van der Waals surface area (Å²) in [4.78, 5) is 23.6. The van der Waals surface area contributed by atoms with Crippen LogP contribution < -0.4 is 0 Å². The molecular weight excluding hydrogens is 330 g/mol. The van der Waals surface area contributed by atoms with Crippen LogP contribution in [0.1, 0.15) is 10.6 Å². The van der Waals surface area contributed by atoms with E-state index < -0.39 is 0 Å². The van der Waals surface area contributed by atoms with Crippen LogP contribution in [0.2, 0.25) is 4.34 Å². The fraction of sp³-hybridized carbons (Fsp3) is 0.118. The normalized spacial score (nSPS) is 11.2. The van der Waals surface area contributed by atoms with Crippen molar-refractivity contribution in [1.29, 1.82) is 0 Å². The van der Waals surface area contributed by atoms with Crippen molar-refractivity contribution in [3.05, 3.63) is 63.6 Å². The zero-order valence-electron chi connectivity index (χ0n) is 12.4. The minimum atomic E-state index is -0.0931. The summed E-state index contributed by atoms with van der Waals surface area (Å²) in [7, 11) is 1.76. The van der Waals surface area contributed by atoms with Crippen molar-refractivity contribution in [1.82, 2.24) is 14.9 Å². The second-order valence-corrected chi connectivity index (χ2v) is 6.82. The van der Waals surface area contributed by atoms with E-state index in [4.69, 9.17) is 11.6 Å². The summed E-state index contributed by atoms with van der Waals surface area (Å²) in [6.45, 7) is 0.532. The van der Waals surface area contributed by atoms with Gasteiger partial charge in [0.15, 0.2) is 0 Å². The van der Waals surface area contributed by atoms with E-state index in [0.29, 0.717) is 12.2 Å². The molecule has 0 N–H and O–H groups in total. The predicted octanol–water partition coefficient (Wildman–Crippen LogP) is 4.02. The van der Waals surface area contributed by atoms with Crippen LogP contribution >= 0.6 is 22.9 Å². The molecule has 0 atom stereocenters. The molecule has 1 amide bonds. The van der Waals surface area contributed by atoms with E-state index in [1.807, 2.05) is 36.4 Å². The Morgan fingerprint density at radius 3 is 2.78 bits per heavy atom. The Morgan fingerprint density at radius 1 is 1.26 bits per heavy atom. The molecule has 116 valence electrons. The SMILES string of the molecule is CN(Cc1ccc(Cl)s1)C(=O)/C=C/c1cnc2ccccc2n1. The molecule has 0 saturated heterocycles. The van der Waals surface area contributed by atoms with Crippen molar-refractivity contribution in [2.75, 3.05) is 7.05 Å². The maximum atomic E-state index is 12.2. The summed E-state index contributed by atoms with van der Waals surface area (Å²) in [5.74, 6) is -0.0931. The summed E-state index contributed by atoms with van der Waals surface area (Å²) < 4.78 is 0.725. The number of aromatic nitrogens is 2. The second-order valence-electron chi connectivity index (χ2n) is 5.02.